The highest BCUT2D eigenvalue weighted by Gasteiger charge is 2.44. The van der Waals surface area contributed by atoms with E-state index in [1.165, 1.54) is 12.1 Å². The first-order valence-electron chi connectivity index (χ1n) is 9.78. The summed E-state index contributed by atoms with van der Waals surface area (Å²) >= 11 is 0. The molecule has 0 bridgehead atoms. The number of carbonyl (C=O) groups excluding carboxylic acids is 2. The summed E-state index contributed by atoms with van der Waals surface area (Å²) in [5, 5.41) is 8.31. The van der Waals surface area contributed by atoms with Crippen molar-refractivity contribution in [2.75, 3.05) is 19.7 Å². The van der Waals surface area contributed by atoms with E-state index >= 15 is 0 Å². The molecule has 28 heavy (non-hydrogen) atoms. The molecule has 3 atom stereocenters. The molecule has 0 saturated carbocycles. The monoisotopic (exact) mass is 391 g/mol. The van der Waals surface area contributed by atoms with E-state index in [0.717, 1.165) is 23.9 Å². The number of hydrogen-bond acceptors (Lipinski definition) is 5. The summed E-state index contributed by atoms with van der Waals surface area (Å²) in [5.74, 6) is 0.551. The fraction of sp³-hybridized carbons (Fsp3) is 0.667. The van der Waals surface area contributed by atoms with Gasteiger partial charge in [0.1, 0.15) is 6.23 Å². The number of aromatic nitrogens is 2. The minimum absolute atomic E-state index is 0.0357. The highest BCUT2D eigenvalue weighted by molar-refractivity contribution is 5.76. The number of aromatic amines is 1. The predicted molar refractivity (Wildman–Crippen MR) is 98.5 cm³/mol. The standard InChI is InChI=1S/C18H25N5O5/c24-13-1-2-15(26)23(21-13)9-5-14(25)22-7-3-11(4-8-22)16-12-6-10-28-17(12)20-18(27)19-16/h1-2,11-12,16-17H,3-10H2,(H,21,24)(H2,19,20,27)/t12-,16-,17-/m0/s1. The number of rotatable bonds is 4. The molecule has 3 fully saturated rings. The second kappa shape index (κ2) is 7.78. The number of aryl methyl sites for hydroxylation is 1. The van der Waals surface area contributed by atoms with E-state index < -0.39 is 0 Å². The maximum atomic E-state index is 12.5. The maximum absolute atomic E-state index is 12.5. The van der Waals surface area contributed by atoms with Crippen LogP contribution < -0.4 is 21.8 Å². The molecule has 4 rings (SSSR count). The summed E-state index contributed by atoms with van der Waals surface area (Å²) in [4.78, 5) is 49.2. The Kier molecular flexibility index (Phi) is 5.21. The smallest absolute Gasteiger partial charge is 0.317 e. The van der Waals surface area contributed by atoms with E-state index in [1.54, 1.807) is 4.90 Å². The topological polar surface area (TPSA) is 126 Å². The first kappa shape index (κ1) is 18.7. The van der Waals surface area contributed by atoms with E-state index in [0.29, 0.717) is 25.6 Å². The van der Waals surface area contributed by atoms with Crippen LogP contribution in [-0.2, 0) is 16.1 Å². The number of likely N-dealkylation sites (tertiary alicyclic amines) is 1. The van der Waals surface area contributed by atoms with Crippen molar-refractivity contribution in [3.63, 3.8) is 0 Å². The third-order valence-corrected chi connectivity index (χ3v) is 6.01. The van der Waals surface area contributed by atoms with Crippen LogP contribution in [0.2, 0.25) is 0 Å². The van der Waals surface area contributed by atoms with Crippen LogP contribution in [0.3, 0.4) is 0 Å². The van der Waals surface area contributed by atoms with Gasteiger partial charge in [0.05, 0.1) is 6.54 Å². The second-order valence-electron chi connectivity index (χ2n) is 7.65. The number of nitrogens with one attached hydrogen (secondary N) is 3. The molecule has 3 N–H and O–H groups in total. The third kappa shape index (κ3) is 3.82. The normalized spacial score (nSPS) is 27.8. The largest absolute Gasteiger partial charge is 0.358 e. The zero-order valence-electron chi connectivity index (χ0n) is 15.6. The molecule has 152 valence electrons. The quantitative estimate of drug-likeness (QED) is 0.620. The summed E-state index contributed by atoms with van der Waals surface area (Å²) in [6.07, 6.45) is 2.52. The molecular formula is C18H25N5O5. The van der Waals surface area contributed by atoms with Crippen molar-refractivity contribution in [2.24, 2.45) is 11.8 Å². The number of nitrogens with zero attached hydrogens (tertiary/aromatic N) is 2. The van der Waals surface area contributed by atoms with Gasteiger partial charge in [-0.3, -0.25) is 19.5 Å². The van der Waals surface area contributed by atoms with Gasteiger partial charge in [0.15, 0.2) is 0 Å². The molecule has 3 amide bonds. The summed E-state index contributed by atoms with van der Waals surface area (Å²) in [6.45, 7) is 2.06. The van der Waals surface area contributed by atoms with Gasteiger partial charge >= 0.3 is 6.03 Å². The minimum atomic E-state index is -0.369. The number of amides is 3. The highest BCUT2D eigenvalue weighted by Crippen LogP contribution is 2.33. The Balaban J connectivity index is 1.30. The molecule has 0 aromatic carbocycles. The van der Waals surface area contributed by atoms with E-state index in [2.05, 4.69) is 15.7 Å². The summed E-state index contributed by atoms with van der Waals surface area (Å²) in [5.41, 5.74) is -0.702. The van der Waals surface area contributed by atoms with Gasteiger partial charge in [-0.05, 0) is 25.2 Å². The number of carbonyl (C=O) groups is 2. The van der Waals surface area contributed by atoms with Gasteiger partial charge in [0.2, 0.25) is 5.91 Å². The van der Waals surface area contributed by atoms with Crippen molar-refractivity contribution < 1.29 is 14.3 Å². The second-order valence-corrected chi connectivity index (χ2v) is 7.65. The summed E-state index contributed by atoms with van der Waals surface area (Å²) in [7, 11) is 0. The van der Waals surface area contributed by atoms with Gasteiger partial charge in [-0.1, -0.05) is 0 Å². The zero-order chi connectivity index (χ0) is 19.7. The Morgan fingerprint density at radius 2 is 1.89 bits per heavy atom. The third-order valence-electron chi connectivity index (χ3n) is 6.01. The van der Waals surface area contributed by atoms with Gasteiger partial charge in [-0.15, -0.1) is 0 Å². The first-order chi connectivity index (χ1) is 13.5. The van der Waals surface area contributed by atoms with Gasteiger partial charge < -0.3 is 20.3 Å². The van der Waals surface area contributed by atoms with Crippen molar-refractivity contribution in [3.05, 3.63) is 32.8 Å². The zero-order valence-corrected chi connectivity index (χ0v) is 15.6. The predicted octanol–water partition coefficient (Wildman–Crippen LogP) is -0.791. The lowest BCUT2D eigenvalue weighted by Crippen LogP contribution is -2.62. The van der Waals surface area contributed by atoms with Crippen molar-refractivity contribution in [3.8, 4) is 0 Å². The van der Waals surface area contributed by atoms with Crippen LogP contribution in [0.4, 0.5) is 4.79 Å². The molecule has 3 saturated heterocycles. The lowest BCUT2D eigenvalue weighted by molar-refractivity contribution is -0.133. The van der Waals surface area contributed by atoms with Gasteiger partial charge in [0, 0.05) is 50.2 Å². The number of hydrogen-bond donors (Lipinski definition) is 3. The Hall–Kier alpha value is -2.62. The lowest BCUT2D eigenvalue weighted by atomic mass is 9.80. The Morgan fingerprint density at radius 3 is 2.68 bits per heavy atom. The number of H-pyrrole nitrogens is 1. The van der Waals surface area contributed by atoms with Crippen molar-refractivity contribution in [1.29, 1.82) is 0 Å². The molecule has 3 aliphatic rings. The van der Waals surface area contributed by atoms with Crippen LogP contribution in [0.15, 0.2) is 21.7 Å². The Bertz CT molecular complexity index is 856. The number of fused-ring (bicyclic) bond motifs is 1. The molecule has 1 aromatic rings. The number of urea groups is 1. The van der Waals surface area contributed by atoms with Gasteiger partial charge in [-0.2, -0.15) is 0 Å². The average Bonchev–Trinajstić information content (AvgIpc) is 3.16. The van der Waals surface area contributed by atoms with Crippen LogP contribution in [0, 0.1) is 11.8 Å². The lowest BCUT2D eigenvalue weighted by Gasteiger charge is -2.42. The first-order valence-corrected chi connectivity index (χ1v) is 9.78. The Labute approximate surface area is 161 Å². The molecule has 0 spiro atoms. The molecular weight excluding hydrogens is 366 g/mol. The molecule has 0 unspecified atom stereocenters. The molecule has 0 aliphatic carbocycles. The fourth-order valence-corrected chi connectivity index (χ4v) is 4.52. The van der Waals surface area contributed by atoms with E-state index in [1.807, 2.05) is 0 Å². The molecule has 1 aromatic heterocycles. The van der Waals surface area contributed by atoms with Crippen LogP contribution >= 0.6 is 0 Å². The molecule has 3 aliphatic heterocycles. The van der Waals surface area contributed by atoms with E-state index in [-0.39, 0.29) is 54.2 Å². The fourth-order valence-electron chi connectivity index (χ4n) is 4.52. The van der Waals surface area contributed by atoms with Crippen molar-refractivity contribution >= 4 is 11.9 Å². The maximum Gasteiger partial charge on any atom is 0.317 e. The average molecular weight is 391 g/mol. The number of ether oxygens (including phenoxy) is 1. The van der Waals surface area contributed by atoms with Crippen molar-refractivity contribution in [2.45, 2.75) is 44.5 Å². The summed E-state index contributed by atoms with van der Waals surface area (Å²) < 4.78 is 6.77. The molecule has 0 radical (unpaired) electrons. The summed E-state index contributed by atoms with van der Waals surface area (Å²) in [6, 6.07) is 2.26. The molecule has 10 heteroatoms. The van der Waals surface area contributed by atoms with Gasteiger partial charge in [0.25, 0.3) is 11.1 Å². The highest BCUT2D eigenvalue weighted by atomic mass is 16.5. The van der Waals surface area contributed by atoms with Crippen LogP contribution in [0.25, 0.3) is 0 Å². The minimum Gasteiger partial charge on any atom is -0.358 e. The van der Waals surface area contributed by atoms with Gasteiger partial charge in [-0.25, -0.2) is 9.48 Å². The molecule has 10 nitrogen and oxygen atoms in total. The van der Waals surface area contributed by atoms with Crippen LogP contribution in [0.1, 0.15) is 25.7 Å². The van der Waals surface area contributed by atoms with Crippen molar-refractivity contribution in [1.82, 2.24) is 25.3 Å². The van der Waals surface area contributed by atoms with Crippen LogP contribution in [-0.4, -0.2) is 58.6 Å². The van der Waals surface area contributed by atoms with E-state index in [4.69, 9.17) is 4.74 Å². The SMILES string of the molecule is O=C1N[C@H]2OCC[C@H]2[C@H](C2CCN(C(=O)CCn3[nH]c(=O)ccc3=O)CC2)N1. The molecule has 4 heterocycles. The van der Waals surface area contributed by atoms with Crippen LogP contribution in [0.5, 0.6) is 0 Å². The Morgan fingerprint density at radius 1 is 1.11 bits per heavy atom. The van der Waals surface area contributed by atoms with E-state index in [9.17, 15) is 19.2 Å². The number of piperidine rings is 1.